The van der Waals surface area contributed by atoms with Gasteiger partial charge in [-0.2, -0.15) is 0 Å². The maximum Gasteiger partial charge on any atom is 0.319 e. The summed E-state index contributed by atoms with van der Waals surface area (Å²) in [6.07, 6.45) is 0. The normalized spacial score (nSPS) is 10.1. The molecule has 2 rings (SSSR count). The molecule has 0 fully saturated rings. The lowest BCUT2D eigenvalue weighted by molar-refractivity contribution is 0.247. The maximum atomic E-state index is 11.7. The summed E-state index contributed by atoms with van der Waals surface area (Å²) in [6.45, 7) is 2.58. The molecule has 2 aromatic carbocycles. The molecule has 0 aliphatic rings. The van der Waals surface area contributed by atoms with Crippen LogP contribution in [0.25, 0.3) is 0 Å². The van der Waals surface area contributed by atoms with Crippen molar-refractivity contribution in [1.82, 2.24) is 5.32 Å². The second-order valence-electron chi connectivity index (χ2n) is 4.62. The number of benzene rings is 2. The Balaban J connectivity index is 1.74. The third-order valence-corrected chi connectivity index (χ3v) is 3.63. The Labute approximate surface area is 139 Å². The van der Waals surface area contributed by atoms with E-state index in [1.807, 2.05) is 25.1 Å². The van der Waals surface area contributed by atoms with Crippen molar-refractivity contribution in [1.29, 1.82) is 0 Å². The predicted molar refractivity (Wildman–Crippen MR) is 90.2 cm³/mol. The lowest BCUT2D eigenvalue weighted by Crippen LogP contribution is -2.32. The molecule has 6 heteroatoms. The van der Waals surface area contributed by atoms with Gasteiger partial charge >= 0.3 is 6.03 Å². The number of halogens is 2. The number of ether oxygens (including phenoxy) is 1. The summed E-state index contributed by atoms with van der Waals surface area (Å²) in [6, 6.07) is 12.2. The Bertz CT molecular complexity index is 662. The fourth-order valence-electron chi connectivity index (χ4n) is 1.73. The second kappa shape index (κ2) is 7.92. The van der Waals surface area contributed by atoms with Crippen LogP contribution in [0.15, 0.2) is 42.5 Å². The van der Waals surface area contributed by atoms with Gasteiger partial charge in [0.2, 0.25) is 0 Å². The van der Waals surface area contributed by atoms with Gasteiger partial charge in [0.1, 0.15) is 12.4 Å². The number of urea groups is 1. The van der Waals surface area contributed by atoms with Crippen LogP contribution in [0, 0.1) is 6.92 Å². The fourth-order valence-corrected chi connectivity index (χ4v) is 2.10. The molecular weight excluding hydrogens is 323 g/mol. The van der Waals surface area contributed by atoms with Crippen molar-refractivity contribution < 1.29 is 9.53 Å². The molecule has 0 aliphatic carbocycles. The lowest BCUT2D eigenvalue weighted by atomic mass is 10.2. The van der Waals surface area contributed by atoms with E-state index in [1.54, 1.807) is 24.3 Å². The van der Waals surface area contributed by atoms with Crippen LogP contribution in [-0.4, -0.2) is 19.2 Å². The van der Waals surface area contributed by atoms with Crippen LogP contribution in [-0.2, 0) is 0 Å². The van der Waals surface area contributed by atoms with Gasteiger partial charge in [0.25, 0.3) is 0 Å². The second-order valence-corrected chi connectivity index (χ2v) is 5.44. The number of para-hydroxylation sites is 1. The number of amides is 2. The van der Waals surface area contributed by atoms with Crippen LogP contribution < -0.4 is 15.4 Å². The summed E-state index contributed by atoms with van der Waals surface area (Å²) in [4.78, 5) is 11.7. The van der Waals surface area contributed by atoms with Gasteiger partial charge in [0.05, 0.1) is 11.6 Å². The summed E-state index contributed by atoms with van der Waals surface area (Å²) in [5.41, 5.74) is 1.60. The van der Waals surface area contributed by atoms with Gasteiger partial charge in [0.15, 0.2) is 0 Å². The number of hydrogen-bond acceptors (Lipinski definition) is 2. The van der Waals surface area contributed by atoms with E-state index < -0.39 is 0 Å². The maximum absolute atomic E-state index is 11.7. The average molecular weight is 339 g/mol. The highest BCUT2D eigenvalue weighted by atomic mass is 35.5. The minimum Gasteiger partial charge on any atom is -0.490 e. The van der Waals surface area contributed by atoms with Crippen molar-refractivity contribution in [2.45, 2.75) is 6.92 Å². The highest BCUT2D eigenvalue weighted by Gasteiger charge is 2.04. The number of aryl methyl sites for hydroxylation is 1. The average Bonchev–Trinajstić information content (AvgIpc) is 2.49. The molecule has 0 spiro atoms. The Hall–Kier alpha value is -1.91. The molecule has 0 aliphatic heterocycles. The number of rotatable bonds is 5. The van der Waals surface area contributed by atoms with E-state index in [-0.39, 0.29) is 6.03 Å². The number of nitrogens with one attached hydrogen (secondary N) is 2. The summed E-state index contributed by atoms with van der Waals surface area (Å²) in [5.74, 6) is 0.594. The number of carbonyl (C=O) groups is 1. The minimum atomic E-state index is -0.317. The van der Waals surface area contributed by atoms with E-state index in [0.29, 0.717) is 34.6 Å². The Morgan fingerprint density at radius 1 is 1.14 bits per heavy atom. The highest BCUT2D eigenvalue weighted by Crippen LogP contribution is 2.22. The van der Waals surface area contributed by atoms with Gasteiger partial charge in [-0.15, -0.1) is 0 Å². The molecule has 2 amide bonds. The van der Waals surface area contributed by atoms with Crippen molar-refractivity contribution in [2.24, 2.45) is 0 Å². The van der Waals surface area contributed by atoms with Crippen LogP contribution >= 0.6 is 23.2 Å². The molecule has 2 aromatic rings. The first kappa shape index (κ1) is 16.5. The first-order valence-electron chi connectivity index (χ1n) is 6.74. The van der Waals surface area contributed by atoms with E-state index in [0.717, 1.165) is 5.56 Å². The third-order valence-electron chi connectivity index (χ3n) is 2.91. The molecule has 2 N–H and O–H groups in total. The number of hydrogen-bond donors (Lipinski definition) is 2. The molecule has 0 atom stereocenters. The summed E-state index contributed by atoms with van der Waals surface area (Å²) in [5, 5.41) is 6.55. The van der Waals surface area contributed by atoms with E-state index in [2.05, 4.69) is 10.6 Å². The van der Waals surface area contributed by atoms with Crippen molar-refractivity contribution in [3.8, 4) is 5.75 Å². The molecule has 0 saturated carbocycles. The first-order chi connectivity index (χ1) is 10.6. The van der Waals surface area contributed by atoms with Gasteiger partial charge in [-0.3, -0.25) is 0 Å². The molecule has 0 bridgehead atoms. The molecule has 0 heterocycles. The zero-order chi connectivity index (χ0) is 15.9. The Morgan fingerprint density at radius 3 is 2.64 bits per heavy atom. The molecule has 22 heavy (non-hydrogen) atoms. The number of anilines is 1. The standard InChI is InChI=1S/C16H16Cl2N2O2/c1-11-6-7-12(10-14(11)18)20-16(21)19-8-9-22-15-5-3-2-4-13(15)17/h2-7,10H,8-9H2,1H3,(H2,19,20,21). The molecule has 0 saturated heterocycles. The molecule has 116 valence electrons. The number of carbonyl (C=O) groups excluding carboxylic acids is 1. The van der Waals surface area contributed by atoms with Gasteiger partial charge in [-0.1, -0.05) is 41.4 Å². The zero-order valence-corrected chi connectivity index (χ0v) is 13.5. The van der Waals surface area contributed by atoms with Crippen LogP contribution in [0.1, 0.15) is 5.56 Å². The van der Waals surface area contributed by atoms with Gasteiger partial charge in [-0.05, 0) is 36.8 Å². The zero-order valence-electron chi connectivity index (χ0n) is 12.0. The minimum absolute atomic E-state index is 0.317. The van der Waals surface area contributed by atoms with Crippen LogP contribution in [0.4, 0.5) is 10.5 Å². The van der Waals surface area contributed by atoms with E-state index in [4.69, 9.17) is 27.9 Å². The molecule has 4 nitrogen and oxygen atoms in total. The molecule has 0 aromatic heterocycles. The summed E-state index contributed by atoms with van der Waals surface area (Å²) >= 11 is 12.0. The fraction of sp³-hybridized carbons (Fsp3) is 0.188. The molecule has 0 unspecified atom stereocenters. The monoisotopic (exact) mass is 338 g/mol. The van der Waals surface area contributed by atoms with Crippen LogP contribution in [0.2, 0.25) is 10.0 Å². The van der Waals surface area contributed by atoms with Gasteiger partial charge < -0.3 is 15.4 Å². The summed E-state index contributed by atoms with van der Waals surface area (Å²) < 4.78 is 5.48. The lowest BCUT2D eigenvalue weighted by Gasteiger charge is -2.10. The highest BCUT2D eigenvalue weighted by molar-refractivity contribution is 6.32. The summed E-state index contributed by atoms with van der Waals surface area (Å²) in [7, 11) is 0. The van der Waals surface area contributed by atoms with Gasteiger partial charge in [0, 0.05) is 10.7 Å². The van der Waals surface area contributed by atoms with Crippen LogP contribution in [0.5, 0.6) is 5.75 Å². The van der Waals surface area contributed by atoms with Crippen molar-refractivity contribution >= 4 is 34.9 Å². The quantitative estimate of drug-likeness (QED) is 0.788. The largest absolute Gasteiger partial charge is 0.490 e. The van der Waals surface area contributed by atoms with Crippen LogP contribution in [0.3, 0.4) is 0 Å². The Kier molecular flexibility index (Phi) is 5.92. The molecular formula is C16H16Cl2N2O2. The first-order valence-corrected chi connectivity index (χ1v) is 7.50. The van der Waals surface area contributed by atoms with Gasteiger partial charge in [-0.25, -0.2) is 4.79 Å². The van der Waals surface area contributed by atoms with E-state index in [1.165, 1.54) is 0 Å². The predicted octanol–water partition coefficient (Wildman–Crippen LogP) is 4.50. The van der Waals surface area contributed by atoms with Crippen molar-refractivity contribution in [3.63, 3.8) is 0 Å². The Morgan fingerprint density at radius 2 is 1.91 bits per heavy atom. The topological polar surface area (TPSA) is 50.4 Å². The van der Waals surface area contributed by atoms with E-state index >= 15 is 0 Å². The van der Waals surface area contributed by atoms with Crippen molar-refractivity contribution in [3.05, 3.63) is 58.1 Å². The van der Waals surface area contributed by atoms with E-state index in [9.17, 15) is 4.79 Å². The van der Waals surface area contributed by atoms with Crippen molar-refractivity contribution in [2.75, 3.05) is 18.5 Å². The third kappa shape index (κ3) is 4.83. The smallest absolute Gasteiger partial charge is 0.319 e. The SMILES string of the molecule is Cc1ccc(NC(=O)NCCOc2ccccc2Cl)cc1Cl. The molecule has 0 radical (unpaired) electrons.